The average molecular weight is 312 g/mol. The fourth-order valence-corrected chi connectivity index (χ4v) is 2.69. The molecule has 0 aromatic heterocycles. The molecule has 0 saturated carbocycles. The van der Waals surface area contributed by atoms with Gasteiger partial charge in [-0.05, 0) is 54.7 Å². The lowest BCUT2D eigenvalue weighted by molar-refractivity contribution is -0.120. The van der Waals surface area contributed by atoms with Gasteiger partial charge in [0.05, 0.1) is 6.10 Å². The van der Waals surface area contributed by atoms with Crippen LogP contribution in [0, 0.1) is 0 Å². The van der Waals surface area contributed by atoms with Gasteiger partial charge in [-0.15, -0.1) is 0 Å². The number of benzene rings is 2. The quantitative estimate of drug-likeness (QED) is 0.771. The lowest BCUT2D eigenvalue weighted by Gasteiger charge is -2.01. The number of carbonyl (C=O) groups excluding carboxylic acids is 1. The van der Waals surface area contributed by atoms with Gasteiger partial charge < -0.3 is 14.9 Å². The number of Topliss-reactive ketones (excluding diaryl/α,β-unsaturated/α-hetero) is 1. The number of epoxide rings is 1. The molecule has 2 N–H and O–H groups in total. The molecule has 0 spiro atoms. The molecule has 0 aliphatic carbocycles. The first-order valence-electron chi connectivity index (χ1n) is 7.86. The normalized spacial score (nSPS) is 19.5. The van der Waals surface area contributed by atoms with E-state index in [1.165, 1.54) is 0 Å². The van der Waals surface area contributed by atoms with E-state index in [2.05, 4.69) is 0 Å². The Morgan fingerprint density at radius 1 is 0.870 bits per heavy atom. The summed E-state index contributed by atoms with van der Waals surface area (Å²) in [6.07, 6.45) is 2.56. The number of phenols is 2. The predicted octanol–water partition coefficient (Wildman–Crippen LogP) is 3.00. The van der Waals surface area contributed by atoms with Crippen LogP contribution in [-0.4, -0.2) is 28.2 Å². The maximum atomic E-state index is 12.1. The number of rotatable bonds is 7. The van der Waals surface area contributed by atoms with Crippen molar-refractivity contribution < 1.29 is 19.7 Å². The molecule has 1 saturated heterocycles. The lowest BCUT2D eigenvalue weighted by Crippen LogP contribution is -2.11. The Hall–Kier alpha value is -2.33. The fraction of sp³-hybridized carbons (Fsp3) is 0.316. The number of hydrogen-bond acceptors (Lipinski definition) is 4. The van der Waals surface area contributed by atoms with Crippen molar-refractivity contribution in [3.05, 3.63) is 59.7 Å². The number of ether oxygens (including phenoxy) is 1. The first-order valence-corrected chi connectivity index (χ1v) is 7.86. The van der Waals surface area contributed by atoms with Gasteiger partial charge in [0, 0.05) is 6.42 Å². The highest BCUT2D eigenvalue weighted by Crippen LogP contribution is 2.29. The number of ketones is 1. The molecule has 1 fully saturated rings. The molecule has 4 heteroatoms. The van der Waals surface area contributed by atoms with Crippen LogP contribution in [0.15, 0.2) is 48.5 Å². The van der Waals surface area contributed by atoms with Gasteiger partial charge in [0.1, 0.15) is 17.6 Å². The summed E-state index contributed by atoms with van der Waals surface area (Å²) in [6, 6.07) is 14.0. The molecule has 4 nitrogen and oxygen atoms in total. The smallest absolute Gasteiger partial charge is 0.164 e. The number of aromatic hydroxyl groups is 2. The van der Waals surface area contributed by atoms with E-state index in [1.54, 1.807) is 24.3 Å². The summed E-state index contributed by atoms with van der Waals surface area (Å²) >= 11 is 0. The predicted molar refractivity (Wildman–Crippen MR) is 86.5 cm³/mol. The van der Waals surface area contributed by atoms with Gasteiger partial charge in [-0.1, -0.05) is 24.3 Å². The van der Waals surface area contributed by atoms with Crippen molar-refractivity contribution in [2.45, 2.75) is 37.9 Å². The van der Waals surface area contributed by atoms with Crippen molar-refractivity contribution in [2.24, 2.45) is 0 Å². The first kappa shape index (κ1) is 15.6. The Labute approximate surface area is 135 Å². The highest BCUT2D eigenvalue weighted by Gasteiger charge is 2.43. The van der Waals surface area contributed by atoms with E-state index >= 15 is 0 Å². The molecule has 0 unspecified atom stereocenters. The van der Waals surface area contributed by atoms with Crippen LogP contribution in [0.1, 0.15) is 24.0 Å². The van der Waals surface area contributed by atoms with Crippen LogP contribution in [0.25, 0.3) is 0 Å². The van der Waals surface area contributed by atoms with Crippen LogP contribution in [0.4, 0.5) is 0 Å². The maximum Gasteiger partial charge on any atom is 0.164 e. The van der Waals surface area contributed by atoms with E-state index in [0.29, 0.717) is 12.8 Å². The molecule has 1 heterocycles. The second-order valence-corrected chi connectivity index (χ2v) is 5.93. The van der Waals surface area contributed by atoms with Crippen molar-refractivity contribution in [1.82, 2.24) is 0 Å². The molecule has 120 valence electrons. The van der Waals surface area contributed by atoms with Gasteiger partial charge in [-0.25, -0.2) is 0 Å². The van der Waals surface area contributed by atoms with Crippen LogP contribution in [-0.2, 0) is 22.4 Å². The summed E-state index contributed by atoms with van der Waals surface area (Å²) in [6.45, 7) is 0. The number of carbonyl (C=O) groups is 1. The number of aryl methyl sites for hydroxylation is 2. The largest absolute Gasteiger partial charge is 0.508 e. The summed E-state index contributed by atoms with van der Waals surface area (Å²) < 4.78 is 5.49. The van der Waals surface area contributed by atoms with Crippen LogP contribution in [0.3, 0.4) is 0 Å². The van der Waals surface area contributed by atoms with Crippen LogP contribution >= 0.6 is 0 Å². The van der Waals surface area contributed by atoms with Crippen molar-refractivity contribution in [1.29, 1.82) is 0 Å². The maximum absolute atomic E-state index is 12.1. The highest BCUT2D eigenvalue weighted by atomic mass is 16.6. The molecule has 1 aliphatic rings. The Balaban J connectivity index is 1.40. The van der Waals surface area contributed by atoms with E-state index in [0.717, 1.165) is 24.0 Å². The molecule has 3 rings (SSSR count). The van der Waals surface area contributed by atoms with Gasteiger partial charge in [0.25, 0.3) is 0 Å². The molecular formula is C19H20O4. The molecule has 2 aromatic rings. The van der Waals surface area contributed by atoms with E-state index in [9.17, 15) is 15.0 Å². The zero-order chi connectivity index (χ0) is 16.2. The third-order valence-corrected chi connectivity index (χ3v) is 4.15. The van der Waals surface area contributed by atoms with Gasteiger partial charge in [-0.3, -0.25) is 4.79 Å². The number of hydrogen-bond donors (Lipinski definition) is 2. The van der Waals surface area contributed by atoms with E-state index in [1.807, 2.05) is 24.3 Å². The van der Waals surface area contributed by atoms with Gasteiger partial charge >= 0.3 is 0 Å². The fourth-order valence-electron chi connectivity index (χ4n) is 2.69. The van der Waals surface area contributed by atoms with Gasteiger partial charge in [0.2, 0.25) is 0 Å². The minimum Gasteiger partial charge on any atom is -0.508 e. The van der Waals surface area contributed by atoms with Gasteiger partial charge in [0.15, 0.2) is 5.78 Å². The molecule has 23 heavy (non-hydrogen) atoms. The zero-order valence-corrected chi connectivity index (χ0v) is 12.8. The molecule has 1 aliphatic heterocycles. The Kier molecular flexibility index (Phi) is 4.63. The average Bonchev–Trinajstić information content (AvgIpc) is 3.33. The summed E-state index contributed by atoms with van der Waals surface area (Å²) in [5, 5.41) is 18.5. The third-order valence-electron chi connectivity index (χ3n) is 4.15. The van der Waals surface area contributed by atoms with Crippen molar-refractivity contribution in [3.8, 4) is 11.5 Å². The second kappa shape index (κ2) is 6.84. The van der Waals surface area contributed by atoms with Crippen LogP contribution in [0.5, 0.6) is 11.5 Å². The monoisotopic (exact) mass is 312 g/mol. The third kappa shape index (κ3) is 4.33. The molecule has 0 radical (unpaired) electrons. The minimum absolute atomic E-state index is 0.0242. The van der Waals surface area contributed by atoms with E-state index in [-0.39, 0.29) is 29.5 Å². The van der Waals surface area contributed by atoms with Gasteiger partial charge in [-0.2, -0.15) is 0 Å². The highest BCUT2D eigenvalue weighted by molar-refractivity contribution is 5.86. The summed E-state index contributed by atoms with van der Waals surface area (Å²) in [7, 11) is 0. The number of phenolic OH excluding ortho intramolecular Hbond substituents is 2. The lowest BCUT2D eigenvalue weighted by atomic mass is 10.0. The molecule has 2 aromatic carbocycles. The van der Waals surface area contributed by atoms with Crippen molar-refractivity contribution >= 4 is 5.78 Å². The van der Waals surface area contributed by atoms with Crippen LogP contribution in [0.2, 0.25) is 0 Å². The first-order chi connectivity index (χ1) is 11.1. The SMILES string of the molecule is O=C(CCc1ccc(O)cc1)[C@H]1O[C@@H]1CCc1ccc(O)cc1. The van der Waals surface area contributed by atoms with Crippen molar-refractivity contribution in [2.75, 3.05) is 0 Å². The topological polar surface area (TPSA) is 70.1 Å². The molecule has 2 atom stereocenters. The summed E-state index contributed by atoms with van der Waals surface area (Å²) in [4.78, 5) is 12.1. The van der Waals surface area contributed by atoms with E-state index in [4.69, 9.17) is 4.74 Å². The van der Waals surface area contributed by atoms with Crippen LogP contribution < -0.4 is 0 Å². The molecule has 0 bridgehead atoms. The van der Waals surface area contributed by atoms with E-state index < -0.39 is 0 Å². The summed E-state index contributed by atoms with van der Waals surface area (Å²) in [5.41, 5.74) is 2.17. The Morgan fingerprint density at radius 2 is 1.39 bits per heavy atom. The second-order valence-electron chi connectivity index (χ2n) is 5.93. The summed E-state index contributed by atoms with van der Waals surface area (Å²) in [5.74, 6) is 0.646. The standard InChI is InChI=1S/C19H20O4/c20-15-7-1-13(2-8-15)5-11-17(22)19-18(23-19)12-6-14-3-9-16(21)10-4-14/h1-4,7-10,18-21H,5-6,11-12H2/t18-,19-/m1/s1. The molecular weight excluding hydrogens is 292 g/mol. The van der Waals surface area contributed by atoms with Crippen molar-refractivity contribution in [3.63, 3.8) is 0 Å². The Morgan fingerprint density at radius 3 is 1.96 bits per heavy atom. The molecule has 0 amide bonds. The minimum atomic E-state index is -0.260. The zero-order valence-electron chi connectivity index (χ0n) is 12.8. The Bertz CT molecular complexity index is 661.